The molecule has 1 saturated heterocycles. The van der Waals surface area contributed by atoms with Crippen molar-refractivity contribution in [2.24, 2.45) is 0 Å². The molecule has 0 spiro atoms. The van der Waals surface area contributed by atoms with Crippen molar-refractivity contribution >= 4 is 0 Å². The van der Waals surface area contributed by atoms with Crippen LogP contribution in [0.25, 0.3) is 0 Å². The summed E-state index contributed by atoms with van der Waals surface area (Å²) in [5.41, 5.74) is 1.15. The van der Waals surface area contributed by atoms with Crippen molar-refractivity contribution in [1.82, 2.24) is 35.0 Å². The van der Waals surface area contributed by atoms with Crippen LogP contribution in [0.15, 0.2) is 24.4 Å². The Labute approximate surface area is 155 Å². The number of piperazine rings is 1. The van der Waals surface area contributed by atoms with E-state index in [-0.39, 0.29) is 6.04 Å². The van der Waals surface area contributed by atoms with Crippen molar-refractivity contribution in [3.63, 3.8) is 0 Å². The van der Waals surface area contributed by atoms with Crippen molar-refractivity contribution < 1.29 is 0 Å². The Balaban J connectivity index is 1.35. The van der Waals surface area contributed by atoms with Gasteiger partial charge in [-0.2, -0.15) is 0 Å². The first-order chi connectivity index (χ1) is 12.8. The number of rotatable bonds is 5. The summed E-state index contributed by atoms with van der Waals surface area (Å²) >= 11 is 0. The van der Waals surface area contributed by atoms with Crippen LogP contribution >= 0.6 is 0 Å². The quantitative estimate of drug-likeness (QED) is 0.821. The van der Waals surface area contributed by atoms with Gasteiger partial charge in [0.15, 0.2) is 5.82 Å². The van der Waals surface area contributed by atoms with Gasteiger partial charge in [0.1, 0.15) is 0 Å². The summed E-state index contributed by atoms with van der Waals surface area (Å²) in [5, 5.41) is 12.7. The van der Waals surface area contributed by atoms with Gasteiger partial charge >= 0.3 is 0 Å². The minimum atomic E-state index is 0.268. The lowest BCUT2D eigenvalue weighted by Crippen LogP contribution is -2.47. The molecule has 140 valence electrons. The van der Waals surface area contributed by atoms with Crippen LogP contribution in [-0.2, 0) is 6.54 Å². The SMILES string of the molecule is C[C@@H](c1nnnn1C1CCCCC1)N1CCN(Cc2ccccn2)CC1. The van der Waals surface area contributed by atoms with Gasteiger partial charge in [-0.25, -0.2) is 4.68 Å². The number of hydrogen-bond acceptors (Lipinski definition) is 6. The van der Waals surface area contributed by atoms with Crippen LogP contribution in [0.2, 0.25) is 0 Å². The molecular formula is C19H29N7. The van der Waals surface area contributed by atoms with E-state index in [1.165, 1.54) is 32.1 Å². The van der Waals surface area contributed by atoms with E-state index in [0.717, 1.165) is 44.2 Å². The van der Waals surface area contributed by atoms with Gasteiger partial charge in [0.25, 0.3) is 0 Å². The molecule has 4 rings (SSSR count). The van der Waals surface area contributed by atoms with Crippen LogP contribution in [-0.4, -0.2) is 61.2 Å². The van der Waals surface area contributed by atoms with E-state index >= 15 is 0 Å². The standard InChI is InChI=1S/C19H29N7/c1-16(19-21-22-23-26(19)18-8-3-2-4-9-18)25-13-11-24(12-14-25)15-17-7-5-6-10-20-17/h5-7,10,16,18H,2-4,8-9,11-15H2,1H3/t16-/m0/s1. The molecule has 3 heterocycles. The molecule has 1 aliphatic carbocycles. The Morgan fingerprint density at radius 3 is 2.62 bits per heavy atom. The first kappa shape index (κ1) is 17.5. The lowest BCUT2D eigenvalue weighted by Gasteiger charge is -2.37. The molecule has 2 fully saturated rings. The zero-order valence-corrected chi connectivity index (χ0v) is 15.7. The van der Waals surface area contributed by atoms with E-state index in [9.17, 15) is 0 Å². The fourth-order valence-electron chi connectivity index (χ4n) is 4.25. The highest BCUT2D eigenvalue weighted by Gasteiger charge is 2.28. The fraction of sp³-hybridized carbons (Fsp3) is 0.684. The predicted molar refractivity (Wildman–Crippen MR) is 99.4 cm³/mol. The highest BCUT2D eigenvalue weighted by molar-refractivity contribution is 5.03. The number of pyridine rings is 1. The number of hydrogen-bond donors (Lipinski definition) is 0. The third-order valence-electron chi connectivity index (χ3n) is 5.88. The minimum Gasteiger partial charge on any atom is -0.295 e. The van der Waals surface area contributed by atoms with Crippen LogP contribution in [0.1, 0.15) is 62.6 Å². The maximum atomic E-state index is 4.45. The summed E-state index contributed by atoms with van der Waals surface area (Å²) in [5.74, 6) is 1.04. The monoisotopic (exact) mass is 355 g/mol. The van der Waals surface area contributed by atoms with Crippen LogP contribution in [0.4, 0.5) is 0 Å². The van der Waals surface area contributed by atoms with E-state index in [1.807, 2.05) is 12.3 Å². The number of aromatic nitrogens is 5. The van der Waals surface area contributed by atoms with Crippen LogP contribution in [0, 0.1) is 0 Å². The van der Waals surface area contributed by atoms with E-state index in [1.54, 1.807) is 0 Å². The summed E-state index contributed by atoms with van der Waals surface area (Å²) in [6.45, 7) is 7.40. The average molecular weight is 355 g/mol. The molecule has 2 aromatic heterocycles. The maximum absolute atomic E-state index is 4.45. The largest absolute Gasteiger partial charge is 0.295 e. The van der Waals surface area contributed by atoms with Gasteiger partial charge in [-0.3, -0.25) is 14.8 Å². The normalized spacial score (nSPS) is 21.7. The van der Waals surface area contributed by atoms with E-state index in [0.29, 0.717) is 6.04 Å². The van der Waals surface area contributed by atoms with E-state index in [4.69, 9.17) is 0 Å². The predicted octanol–water partition coefficient (Wildman–Crippen LogP) is 2.45. The first-order valence-corrected chi connectivity index (χ1v) is 9.95. The molecule has 0 N–H and O–H groups in total. The van der Waals surface area contributed by atoms with Gasteiger partial charge in [0.05, 0.1) is 17.8 Å². The summed E-state index contributed by atoms with van der Waals surface area (Å²) in [6.07, 6.45) is 8.24. The van der Waals surface area contributed by atoms with E-state index < -0.39 is 0 Å². The second-order valence-corrected chi connectivity index (χ2v) is 7.58. The summed E-state index contributed by atoms with van der Waals surface area (Å²) in [7, 11) is 0. The second-order valence-electron chi connectivity index (χ2n) is 7.58. The topological polar surface area (TPSA) is 63.0 Å². The molecule has 1 atom stereocenters. The molecule has 1 aliphatic heterocycles. The van der Waals surface area contributed by atoms with Crippen molar-refractivity contribution in [3.05, 3.63) is 35.9 Å². The Bertz CT molecular complexity index is 672. The Hall–Kier alpha value is -1.86. The highest BCUT2D eigenvalue weighted by Crippen LogP contribution is 2.30. The molecule has 7 heteroatoms. The van der Waals surface area contributed by atoms with Crippen molar-refractivity contribution in [2.45, 2.75) is 57.7 Å². The molecule has 0 amide bonds. The first-order valence-electron chi connectivity index (χ1n) is 9.95. The summed E-state index contributed by atoms with van der Waals surface area (Å²) < 4.78 is 2.12. The van der Waals surface area contributed by atoms with Gasteiger partial charge in [0.2, 0.25) is 0 Å². The van der Waals surface area contributed by atoms with Crippen molar-refractivity contribution in [1.29, 1.82) is 0 Å². The fourth-order valence-corrected chi connectivity index (χ4v) is 4.25. The molecule has 0 unspecified atom stereocenters. The van der Waals surface area contributed by atoms with Crippen LogP contribution < -0.4 is 0 Å². The third kappa shape index (κ3) is 3.94. The Morgan fingerprint density at radius 1 is 1.08 bits per heavy atom. The Kier molecular flexibility index (Phi) is 5.55. The smallest absolute Gasteiger partial charge is 0.168 e. The molecule has 0 aromatic carbocycles. The molecule has 0 bridgehead atoms. The third-order valence-corrected chi connectivity index (χ3v) is 5.88. The lowest BCUT2D eigenvalue weighted by molar-refractivity contribution is 0.0906. The minimum absolute atomic E-state index is 0.268. The summed E-state index contributed by atoms with van der Waals surface area (Å²) in [4.78, 5) is 9.44. The number of tetrazole rings is 1. The summed E-state index contributed by atoms with van der Waals surface area (Å²) in [6, 6.07) is 6.89. The van der Waals surface area contributed by atoms with Crippen LogP contribution in [0.5, 0.6) is 0 Å². The van der Waals surface area contributed by atoms with E-state index in [2.05, 4.69) is 54.0 Å². The molecule has 1 saturated carbocycles. The van der Waals surface area contributed by atoms with Gasteiger partial charge < -0.3 is 0 Å². The molecular weight excluding hydrogens is 326 g/mol. The van der Waals surface area contributed by atoms with Gasteiger partial charge in [-0.1, -0.05) is 25.3 Å². The molecule has 26 heavy (non-hydrogen) atoms. The average Bonchev–Trinajstić information content (AvgIpc) is 3.19. The van der Waals surface area contributed by atoms with Crippen molar-refractivity contribution in [3.8, 4) is 0 Å². The molecule has 0 radical (unpaired) electrons. The molecule has 2 aliphatic rings. The molecule has 7 nitrogen and oxygen atoms in total. The Morgan fingerprint density at radius 2 is 1.88 bits per heavy atom. The highest BCUT2D eigenvalue weighted by atomic mass is 15.6. The zero-order chi connectivity index (χ0) is 17.8. The van der Waals surface area contributed by atoms with Gasteiger partial charge in [-0.15, -0.1) is 5.10 Å². The lowest BCUT2D eigenvalue weighted by atomic mass is 9.95. The van der Waals surface area contributed by atoms with Gasteiger partial charge in [0, 0.05) is 38.9 Å². The zero-order valence-electron chi connectivity index (χ0n) is 15.7. The molecule has 2 aromatic rings. The van der Waals surface area contributed by atoms with Crippen molar-refractivity contribution in [2.75, 3.05) is 26.2 Å². The van der Waals surface area contributed by atoms with Gasteiger partial charge in [-0.05, 0) is 42.3 Å². The second kappa shape index (κ2) is 8.22. The number of nitrogens with zero attached hydrogens (tertiary/aromatic N) is 7. The maximum Gasteiger partial charge on any atom is 0.168 e. The van der Waals surface area contributed by atoms with Crippen LogP contribution in [0.3, 0.4) is 0 Å².